The molecule has 0 radical (unpaired) electrons. The molecule has 0 spiro atoms. The summed E-state index contributed by atoms with van der Waals surface area (Å²) >= 11 is 0. The third-order valence-corrected chi connectivity index (χ3v) is 15.0. The van der Waals surface area contributed by atoms with Crippen LogP contribution in [0.15, 0.2) is 42.0 Å². The van der Waals surface area contributed by atoms with Gasteiger partial charge in [0.05, 0.1) is 25.7 Å². The van der Waals surface area contributed by atoms with Crippen molar-refractivity contribution in [3.05, 3.63) is 47.5 Å². The first kappa shape index (κ1) is 36.1. The van der Waals surface area contributed by atoms with Crippen LogP contribution in [0.25, 0.3) is 0 Å². The molecule has 8 nitrogen and oxygen atoms in total. The molecule has 270 valence electrons. The van der Waals surface area contributed by atoms with Crippen LogP contribution in [-0.2, 0) is 39.9 Å². The monoisotopic (exact) mass is 677 g/mol. The van der Waals surface area contributed by atoms with E-state index in [1.165, 1.54) is 12.5 Å². The number of carbonyl (C=O) groups excluding carboxylic acids is 3. The maximum Gasteiger partial charge on any atom is 0.320 e. The van der Waals surface area contributed by atoms with E-state index in [4.69, 9.17) is 24.7 Å². The first-order chi connectivity index (χ1) is 23.1. The molecule has 4 fully saturated rings. The molecule has 6 rings (SSSR count). The van der Waals surface area contributed by atoms with Crippen LogP contribution < -0.4 is 5.73 Å². The number of hydrogen-bond acceptors (Lipinski definition) is 8. The molecule has 1 aromatic carbocycles. The fourth-order valence-electron chi connectivity index (χ4n) is 12.1. The third kappa shape index (κ3) is 5.49. The summed E-state index contributed by atoms with van der Waals surface area (Å²) in [5.41, 5.74) is 6.45. The Morgan fingerprint density at radius 1 is 0.959 bits per heavy atom. The van der Waals surface area contributed by atoms with Gasteiger partial charge < -0.3 is 24.7 Å². The van der Waals surface area contributed by atoms with E-state index in [0.717, 1.165) is 37.7 Å². The molecule has 1 saturated heterocycles. The van der Waals surface area contributed by atoms with Crippen LogP contribution in [0.2, 0.25) is 0 Å². The van der Waals surface area contributed by atoms with Gasteiger partial charge in [0.15, 0.2) is 0 Å². The van der Waals surface area contributed by atoms with Crippen molar-refractivity contribution in [3.63, 3.8) is 0 Å². The van der Waals surface area contributed by atoms with Crippen molar-refractivity contribution < 1.29 is 33.3 Å². The standard InChI is InChI=1S/C41H59NO7/c1-25(2)26(3)37(5)18-19-39(7)29-14-15-32-38(6)23-46-24-41(32,20-31(48-27(4)43)35(38)49-33(44)21-42)30(29)16-17-40(39,8)34(37)36(45)47-22-28-12-10-9-11-13-28/h9-13,16,25-26,29,31-32,34-35H,14-15,17-24,42H2,1-8H3/t26-,29+,31-,32+,34-,35+,37-,38+,39-,40+,41+/m1/s1. The maximum atomic E-state index is 14.7. The molecule has 11 atom stereocenters. The summed E-state index contributed by atoms with van der Waals surface area (Å²) < 4.78 is 24.8. The normalized spacial score (nSPS) is 41.7. The van der Waals surface area contributed by atoms with Crippen molar-refractivity contribution in [2.24, 2.45) is 62.4 Å². The smallest absolute Gasteiger partial charge is 0.320 e. The van der Waals surface area contributed by atoms with Crippen LogP contribution in [0.1, 0.15) is 99.5 Å². The lowest BCUT2D eigenvalue weighted by atomic mass is 9.34. The van der Waals surface area contributed by atoms with Gasteiger partial charge in [-0.05, 0) is 84.0 Å². The summed E-state index contributed by atoms with van der Waals surface area (Å²) in [6, 6.07) is 9.97. The molecule has 2 N–H and O–H groups in total. The van der Waals surface area contributed by atoms with E-state index in [9.17, 15) is 14.4 Å². The minimum absolute atomic E-state index is 0.0818. The van der Waals surface area contributed by atoms with Crippen molar-refractivity contribution >= 4 is 17.9 Å². The average Bonchev–Trinajstić information content (AvgIpc) is 3.05. The Labute approximate surface area is 293 Å². The predicted molar refractivity (Wildman–Crippen MR) is 187 cm³/mol. The molecule has 0 amide bonds. The topological polar surface area (TPSA) is 114 Å². The van der Waals surface area contributed by atoms with E-state index in [-0.39, 0.29) is 64.5 Å². The highest BCUT2D eigenvalue weighted by molar-refractivity contribution is 5.75. The predicted octanol–water partition coefficient (Wildman–Crippen LogP) is 7.04. The second-order valence-corrected chi connectivity index (χ2v) is 17.6. The molecule has 2 bridgehead atoms. The summed E-state index contributed by atoms with van der Waals surface area (Å²) in [6.45, 7) is 18.6. The highest BCUT2D eigenvalue weighted by Gasteiger charge is 2.72. The second-order valence-electron chi connectivity index (χ2n) is 17.6. The number of fused-ring (bicyclic) bond motifs is 3. The van der Waals surface area contributed by atoms with Crippen molar-refractivity contribution in [3.8, 4) is 0 Å². The fourth-order valence-corrected chi connectivity index (χ4v) is 12.1. The number of allylic oxidation sites excluding steroid dienone is 1. The van der Waals surface area contributed by atoms with Crippen molar-refractivity contribution in [2.75, 3.05) is 19.8 Å². The molecule has 8 heteroatoms. The molecule has 5 aliphatic rings. The van der Waals surface area contributed by atoms with Crippen LogP contribution in [0.3, 0.4) is 0 Å². The number of nitrogens with two attached hydrogens (primary N) is 1. The summed E-state index contributed by atoms with van der Waals surface area (Å²) in [5, 5.41) is 0. The third-order valence-electron chi connectivity index (χ3n) is 15.0. The summed E-state index contributed by atoms with van der Waals surface area (Å²) in [5.74, 6) is -0.0741. The summed E-state index contributed by atoms with van der Waals surface area (Å²) in [6.07, 6.45) is 6.41. The Morgan fingerprint density at radius 2 is 1.67 bits per heavy atom. The van der Waals surface area contributed by atoms with Gasteiger partial charge >= 0.3 is 17.9 Å². The highest BCUT2D eigenvalue weighted by atomic mass is 16.6. The lowest BCUT2D eigenvalue weighted by Gasteiger charge is -2.71. The lowest BCUT2D eigenvalue weighted by Crippen LogP contribution is -2.70. The zero-order valence-electron chi connectivity index (χ0n) is 31.0. The van der Waals surface area contributed by atoms with E-state index >= 15 is 0 Å². The van der Waals surface area contributed by atoms with Gasteiger partial charge in [0.1, 0.15) is 18.8 Å². The minimum atomic E-state index is -0.635. The fraction of sp³-hybridized carbons (Fsp3) is 0.732. The molecule has 4 aliphatic carbocycles. The molecular weight excluding hydrogens is 618 g/mol. The Balaban J connectivity index is 1.42. The Kier molecular flexibility index (Phi) is 9.43. The quantitative estimate of drug-likeness (QED) is 0.177. The number of hydrogen-bond donors (Lipinski definition) is 1. The molecule has 1 aromatic rings. The number of esters is 3. The molecule has 3 saturated carbocycles. The first-order valence-corrected chi connectivity index (χ1v) is 18.6. The van der Waals surface area contributed by atoms with Gasteiger partial charge in [0.2, 0.25) is 0 Å². The van der Waals surface area contributed by atoms with Crippen molar-refractivity contribution in [1.82, 2.24) is 0 Å². The molecule has 49 heavy (non-hydrogen) atoms. The minimum Gasteiger partial charge on any atom is -0.461 e. The van der Waals surface area contributed by atoms with Crippen LogP contribution >= 0.6 is 0 Å². The van der Waals surface area contributed by atoms with Crippen molar-refractivity contribution in [2.45, 2.75) is 113 Å². The first-order valence-electron chi connectivity index (χ1n) is 18.6. The summed E-state index contributed by atoms with van der Waals surface area (Å²) in [4.78, 5) is 39.8. The van der Waals surface area contributed by atoms with E-state index < -0.39 is 23.6 Å². The Hall–Kier alpha value is -2.71. The van der Waals surface area contributed by atoms with E-state index in [0.29, 0.717) is 31.5 Å². The summed E-state index contributed by atoms with van der Waals surface area (Å²) in [7, 11) is 0. The van der Waals surface area contributed by atoms with Crippen LogP contribution in [0.4, 0.5) is 0 Å². The second kappa shape index (κ2) is 12.8. The van der Waals surface area contributed by atoms with Gasteiger partial charge in [0.25, 0.3) is 0 Å². The average molecular weight is 678 g/mol. The van der Waals surface area contributed by atoms with E-state index in [2.05, 4.69) is 54.5 Å². The highest BCUT2D eigenvalue weighted by Crippen LogP contribution is 2.75. The molecule has 0 unspecified atom stereocenters. The molecular formula is C41H59NO7. The Morgan fingerprint density at radius 3 is 2.33 bits per heavy atom. The number of carbonyl (C=O) groups is 3. The molecule has 1 aliphatic heterocycles. The molecule has 1 heterocycles. The zero-order chi connectivity index (χ0) is 35.6. The van der Waals surface area contributed by atoms with E-state index in [1.54, 1.807) is 0 Å². The SMILES string of the molecule is CC(=O)O[C@@H]1C[C@@]23COC[C@@](C)([C@@H]2CC[C@H]2C3=CC[C@@]3(C)[C@H](C(=O)OCc4ccccc4)[C@@](C)([C@H](C)C(C)C)CC[C@]23C)[C@H]1OC(=O)CN. The van der Waals surface area contributed by atoms with Crippen LogP contribution in [-0.4, -0.2) is 49.9 Å². The van der Waals surface area contributed by atoms with Crippen molar-refractivity contribution in [1.29, 1.82) is 0 Å². The maximum absolute atomic E-state index is 14.7. The van der Waals surface area contributed by atoms with Crippen LogP contribution in [0.5, 0.6) is 0 Å². The number of ether oxygens (including phenoxy) is 4. The number of rotatable bonds is 8. The number of benzene rings is 1. The zero-order valence-corrected chi connectivity index (χ0v) is 31.0. The Bertz CT molecular complexity index is 1470. The van der Waals surface area contributed by atoms with Gasteiger partial charge in [-0.2, -0.15) is 0 Å². The molecule has 0 aromatic heterocycles. The van der Waals surface area contributed by atoms with E-state index in [1.807, 2.05) is 30.3 Å². The van der Waals surface area contributed by atoms with Gasteiger partial charge in [0, 0.05) is 17.8 Å². The largest absolute Gasteiger partial charge is 0.461 e. The van der Waals surface area contributed by atoms with Gasteiger partial charge in [-0.25, -0.2) is 0 Å². The van der Waals surface area contributed by atoms with Gasteiger partial charge in [-0.15, -0.1) is 0 Å². The lowest BCUT2D eigenvalue weighted by molar-refractivity contribution is -0.263. The van der Waals surface area contributed by atoms with Crippen LogP contribution in [0, 0.1) is 56.7 Å². The van der Waals surface area contributed by atoms with Gasteiger partial charge in [-0.3, -0.25) is 14.4 Å². The van der Waals surface area contributed by atoms with Gasteiger partial charge in [-0.1, -0.05) is 90.4 Å².